The van der Waals surface area contributed by atoms with Gasteiger partial charge in [-0.3, -0.25) is 9.59 Å². The molecule has 1 fully saturated rings. The Labute approximate surface area is 191 Å². The van der Waals surface area contributed by atoms with Crippen LogP contribution in [-0.4, -0.2) is 27.7 Å². The van der Waals surface area contributed by atoms with Crippen molar-refractivity contribution in [1.29, 1.82) is 0 Å². The number of thiazole rings is 1. The summed E-state index contributed by atoms with van der Waals surface area (Å²) < 4.78 is 12.4. The van der Waals surface area contributed by atoms with Crippen LogP contribution in [0.1, 0.15) is 38.1 Å². The minimum Gasteiger partial charge on any atom is -0.493 e. The zero-order chi connectivity index (χ0) is 22.5. The summed E-state index contributed by atoms with van der Waals surface area (Å²) in [6.07, 6.45) is 3.52. The van der Waals surface area contributed by atoms with E-state index in [1.807, 2.05) is 0 Å². The van der Waals surface area contributed by atoms with Gasteiger partial charge in [-0.15, -0.1) is 5.10 Å². The SMILES string of the molecule is COc1cc(/C=c2/sc3nc([C@H]4[C@H](C=C(Cl)Cl)C4(C)C)nn3c2=O)ccc1OC(C)=O. The lowest BCUT2D eigenvalue weighted by Gasteiger charge is -2.08. The lowest BCUT2D eigenvalue weighted by molar-refractivity contribution is -0.132. The molecule has 0 N–H and O–H groups in total. The maximum Gasteiger partial charge on any atom is 0.308 e. The van der Waals surface area contributed by atoms with Gasteiger partial charge in [0.05, 0.1) is 11.6 Å². The van der Waals surface area contributed by atoms with E-state index in [0.717, 1.165) is 5.56 Å². The molecular weight excluding hydrogens is 461 g/mol. The van der Waals surface area contributed by atoms with Crippen molar-refractivity contribution in [1.82, 2.24) is 14.6 Å². The van der Waals surface area contributed by atoms with Gasteiger partial charge in [0.1, 0.15) is 4.49 Å². The fourth-order valence-corrected chi connectivity index (χ4v) is 4.95. The lowest BCUT2D eigenvalue weighted by Crippen LogP contribution is -2.23. The van der Waals surface area contributed by atoms with Gasteiger partial charge < -0.3 is 9.47 Å². The molecule has 3 aromatic rings. The fourth-order valence-electron chi connectivity index (χ4n) is 3.76. The summed E-state index contributed by atoms with van der Waals surface area (Å²) in [5.74, 6) is 1.06. The molecule has 0 amide bonds. The molecule has 162 valence electrons. The Kier molecular flexibility index (Phi) is 5.57. The number of nitrogens with zero attached hydrogens (tertiary/aromatic N) is 3. The Bertz CT molecular complexity index is 1320. The summed E-state index contributed by atoms with van der Waals surface area (Å²) in [6, 6.07) is 5.05. The van der Waals surface area contributed by atoms with Crippen LogP contribution in [-0.2, 0) is 4.79 Å². The van der Waals surface area contributed by atoms with Gasteiger partial charge in [-0.1, -0.05) is 54.5 Å². The highest BCUT2D eigenvalue weighted by molar-refractivity contribution is 7.15. The van der Waals surface area contributed by atoms with Gasteiger partial charge in [-0.05, 0) is 41.2 Å². The molecule has 2 atom stereocenters. The van der Waals surface area contributed by atoms with Crippen molar-refractivity contribution < 1.29 is 14.3 Å². The summed E-state index contributed by atoms with van der Waals surface area (Å²) in [6.45, 7) is 5.50. The van der Waals surface area contributed by atoms with Crippen molar-refractivity contribution in [2.45, 2.75) is 26.7 Å². The maximum atomic E-state index is 12.9. The van der Waals surface area contributed by atoms with E-state index in [4.69, 9.17) is 32.7 Å². The molecule has 7 nitrogen and oxygen atoms in total. The number of benzene rings is 1. The first-order chi connectivity index (χ1) is 14.6. The number of rotatable bonds is 5. The number of carbonyl (C=O) groups excluding carboxylic acids is 1. The van der Waals surface area contributed by atoms with Crippen LogP contribution in [0.25, 0.3) is 11.0 Å². The first kappa shape index (κ1) is 21.8. The summed E-state index contributed by atoms with van der Waals surface area (Å²) >= 11 is 12.9. The number of aromatic nitrogens is 3. The molecular formula is C21H19Cl2N3O4S. The van der Waals surface area contributed by atoms with Crippen LogP contribution in [0.15, 0.2) is 33.6 Å². The third kappa shape index (κ3) is 4.07. The fraction of sp³-hybridized carbons (Fsp3) is 0.333. The molecule has 31 heavy (non-hydrogen) atoms. The van der Waals surface area contributed by atoms with Crippen molar-refractivity contribution >= 4 is 51.5 Å². The number of allylic oxidation sites excluding steroid dienone is 1. The van der Waals surface area contributed by atoms with E-state index in [0.29, 0.717) is 26.8 Å². The minimum absolute atomic E-state index is 0.0528. The molecule has 0 spiro atoms. The second-order valence-electron chi connectivity index (χ2n) is 7.87. The number of esters is 1. The minimum atomic E-state index is -0.442. The van der Waals surface area contributed by atoms with Crippen LogP contribution >= 0.6 is 34.5 Å². The van der Waals surface area contributed by atoms with Crippen LogP contribution in [0.3, 0.4) is 0 Å². The Morgan fingerprint density at radius 3 is 2.65 bits per heavy atom. The van der Waals surface area contributed by atoms with E-state index in [1.54, 1.807) is 30.4 Å². The molecule has 2 heterocycles. The van der Waals surface area contributed by atoms with Crippen LogP contribution in [0, 0.1) is 11.3 Å². The predicted octanol–water partition coefficient (Wildman–Crippen LogP) is 3.69. The number of methoxy groups -OCH3 is 1. The van der Waals surface area contributed by atoms with Crippen LogP contribution < -0.4 is 19.6 Å². The van der Waals surface area contributed by atoms with Crippen molar-refractivity contribution in [3.63, 3.8) is 0 Å². The molecule has 1 saturated carbocycles. The average molecular weight is 480 g/mol. The van der Waals surface area contributed by atoms with Gasteiger partial charge in [-0.2, -0.15) is 4.52 Å². The maximum absolute atomic E-state index is 12.9. The number of hydrogen-bond acceptors (Lipinski definition) is 7. The van der Waals surface area contributed by atoms with Crippen LogP contribution in [0.4, 0.5) is 0 Å². The van der Waals surface area contributed by atoms with E-state index < -0.39 is 5.97 Å². The van der Waals surface area contributed by atoms with Crippen molar-refractivity contribution in [2.75, 3.05) is 7.11 Å². The van der Waals surface area contributed by atoms with E-state index in [1.165, 1.54) is 29.9 Å². The molecule has 0 unspecified atom stereocenters. The Balaban J connectivity index is 1.68. The number of fused-ring (bicyclic) bond motifs is 1. The highest BCUT2D eigenvalue weighted by Crippen LogP contribution is 2.64. The zero-order valence-electron chi connectivity index (χ0n) is 17.2. The number of hydrogen-bond donors (Lipinski definition) is 0. The summed E-state index contributed by atoms with van der Waals surface area (Å²) in [7, 11) is 1.48. The number of carbonyl (C=O) groups is 1. The highest BCUT2D eigenvalue weighted by Gasteiger charge is 2.59. The van der Waals surface area contributed by atoms with Crippen molar-refractivity contribution in [2.24, 2.45) is 11.3 Å². The molecule has 10 heteroatoms. The van der Waals surface area contributed by atoms with Gasteiger partial charge in [0.2, 0.25) is 4.96 Å². The predicted molar refractivity (Wildman–Crippen MR) is 120 cm³/mol. The smallest absolute Gasteiger partial charge is 0.308 e. The van der Waals surface area contributed by atoms with Gasteiger partial charge in [0, 0.05) is 12.8 Å². The quantitative estimate of drug-likeness (QED) is 0.409. The summed E-state index contributed by atoms with van der Waals surface area (Å²) in [5, 5.41) is 4.46. The second kappa shape index (κ2) is 7.93. The first-order valence-electron chi connectivity index (χ1n) is 9.42. The van der Waals surface area contributed by atoms with Gasteiger partial charge in [-0.25, -0.2) is 4.98 Å². The molecule has 4 rings (SSSR count). The Morgan fingerprint density at radius 1 is 1.29 bits per heavy atom. The van der Waals surface area contributed by atoms with E-state index in [2.05, 4.69) is 23.9 Å². The van der Waals surface area contributed by atoms with Gasteiger partial charge >= 0.3 is 5.97 Å². The van der Waals surface area contributed by atoms with Crippen molar-refractivity contribution in [3.8, 4) is 11.5 Å². The Hall–Kier alpha value is -2.42. The van der Waals surface area contributed by atoms with E-state index in [9.17, 15) is 9.59 Å². The molecule has 1 aliphatic carbocycles. The highest BCUT2D eigenvalue weighted by atomic mass is 35.5. The molecule has 2 aromatic heterocycles. The summed E-state index contributed by atoms with van der Waals surface area (Å²) in [4.78, 5) is 29.2. The molecule has 0 aliphatic heterocycles. The van der Waals surface area contributed by atoms with Crippen LogP contribution in [0.5, 0.6) is 11.5 Å². The molecule has 0 radical (unpaired) electrons. The monoisotopic (exact) mass is 479 g/mol. The van der Waals surface area contributed by atoms with Gasteiger partial charge in [0.25, 0.3) is 5.56 Å². The van der Waals surface area contributed by atoms with E-state index in [-0.39, 0.29) is 27.3 Å². The number of ether oxygens (including phenoxy) is 2. The normalized spacial score (nSPS) is 20.0. The lowest BCUT2D eigenvalue weighted by atomic mass is 10.1. The summed E-state index contributed by atoms with van der Waals surface area (Å²) in [5.41, 5.74) is 0.396. The molecule has 0 bridgehead atoms. The zero-order valence-corrected chi connectivity index (χ0v) is 19.5. The molecule has 1 aliphatic rings. The van der Waals surface area contributed by atoms with E-state index >= 15 is 0 Å². The first-order valence-corrected chi connectivity index (χ1v) is 11.0. The second-order valence-corrected chi connectivity index (χ2v) is 9.88. The van der Waals surface area contributed by atoms with Gasteiger partial charge in [0.15, 0.2) is 17.3 Å². The largest absolute Gasteiger partial charge is 0.493 e. The van der Waals surface area contributed by atoms with Crippen LogP contribution in [0.2, 0.25) is 0 Å². The third-order valence-electron chi connectivity index (χ3n) is 5.43. The molecule has 1 aromatic carbocycles. The van der Waals surface area contributed by atoms with Crippen molar-refractivity contribution in [3.05, 3.63) is 55.0 Å². The molecule has 0 saturated heterocycles. The Morgan fingerprint density at radius 2 is 2.03 bits per heavy atom. The average Bonchev–Trinajstić information content (AvgIpc) is 2.95. The standard InChI is InChI=1S/C21H19Cl2N3O4S/c1-10(27)30-13-6-5-11(7-14(13)29-4)8-15-19(28)26-20(31-15)24-18(25-26)17-12(9-16(22)23)21(17,2)3/h5-9,12,17H,1-4H3/b15-8+/t12-,17+/m0/s1. The topological polar surface area (TPSA) is 82.8 Å². The third-order valence-corrected chi connectivity index (χ3v) is 6.64. The number of halogens is 2.